The smallest absolute Gasteiger partial charge is 0.347 e. The van der Waals surface area contributed by atoms with Crippen molar-refractivity contribution in [3.63, 3.8) is 0 Å². The van der Waals surface area contributed by atoms with Crippen molar-refractivity contribution in [3.8, 4) is 0 Å². The van der Waals surface area contributed by atoms with Gasteiger partial charge in [-0.3, -0.25) is 0 Å². The van der Waals surface area contributed by atoms with Crippen molar-refractivity contribution in [2.24, 2.45) is 5.73 Å². The second-order valence-corrected chi connectivity index (χ2v) is 1.29. The molecule has 0 saturated carbocycles. The molecule has 0 bridgehead atoms. The van der Waals surface area contributed by atoms with Crippen LogP contribution in [0, 0.1) is 10.1 Å². The van der Waals surface area contributed by atoms with E-state index in [9.17, 15) is 14.9 Å². The van der Waals surface area contributed by atoms with Crippen LogP contribution in [0.5, 0.6) is 0 Å². The lowest BCUT2D eigenvalue weighted by atomic mass is 10.7. The van der Waals surface area contributed by atoms with Crippen molar-refractivity contribution in [3.05, 3.63) is 10.1 Å². The predicted octanol–water partition coefficient (Wildman–Crippen LogP) is -0.421. The van der Waals surface area contributed by atoms with E-state index in [0.29, 0.717) is 5.01 Å². The summed E-state index contributed by atoms with van der Waals surface area (Å²) in [6, 6.07) is -1.04. The number of hydrazine groups is 1. The number of primary amides is 1. The molecule has 0 aliphatic carbocycles. The Morgan fingerprint density at radius 2 is 2.33 bits per heavy atom. The third-order valence-electron chi connectivity index (χ3n) is 0.751. The fraction of sp³-hybridized carbons (Fsp3) is 0.667. The Hall–Kier alpha value is -1.33. The molecule has 6 nitrogen and oxygen atoms in total. The van der Waals surface area contributed by atoms with Gasteiger partial charge in [0.1, 0.15) is 0 Å². The van der Waals surface area contributed by atoms with Gasteiger partial charge in [-0.15, -0.1) is 0 Å². The number of nitrogens with two attached hydrogens (primary N) is 1. The van der Waals surface area contributed by atoms with Gasteiger partial charge in [-0.05, 0) is 11.9 Å². The first kappa shape index (κ1) is 7.67. The summed E-state index contributed by atoms with van der Waals surface area (Å²) in [4.78, 5) is 19.9. The van der Waals surface area contributed by atoms with Crippen molar-refractivity contribution < 1.29 is 9.83 Å². The third-order valence-corrected chi connectivity index (χ3v) is 0.751. The zero-order valence-corrected chi connectivity index (χ0v) is 4.90. The van der Waals surface area contributed by atoms with Crippen molar-refractivity contribution >= 4 is 6.03 Å². The Kier molecular flexibility index (Phi) is 2.43. The molecule has 0 radical (unpaired) electrons. The maximum absolute atomic E-state index is 10.1. The number of urea groups is 1. The van der Waals surface area contributed by atoms with Crippen molar-refractivity contribution in [1.29, 1.82) is 0 Å². The third kappa shape index (κ3) is 1.94. The molecule has 0 aliphatic heterocycles. The lowest BCUT2D eigenvalue weighted by molar-refractivity contribution is -0.631. The quantitative estimate of drug-likeness (QED) is 0.409. The lowest BCUT2D eigenvalue weighted by Crippen LogP contribution is -2.39. The summed E-state index contributed by atoms with van der Waals surface area (Å²) < 4.78 is 0. The first-order valence-corrected chi connectivity index (χ1v) is 2.30. The summed E-state index contributed by atoms with van der Waals surface area (Å²) >= 11 is 0. The van der Waals surface area contributed by atoms with Crippen LogP contribution < -0.4 is 5.73 Å². The molecule has 0 atom stereocenters. The highest BCUT2D eigenvalue weighted by Crippen LogP contribution is 1.84. The van der Waals surface area contributed by atoms with Gasteiger partial charge < -0.3 is 5.73 Å². The standard InChI is InChI=1S/C3H7N3O3/c1-2-5(3(4)7)6(8)9/h2H2,1H3,(H2,4,7). The summed E-state index contributed by atoms with van der Waals surface area (Å²) in [5.41, 5.74) is 4.59. The first-order valence-electron chi connectivity index (χ1n) is 2.30. The van der Waals surface area contributed by atoms with Crippen LogP contribution in [-0.4, -0.2) is 22.6 Å². The van der Waals surface area contributed by atoms with Crippen LogP contribution in [0.4, 0.5) is 4.79 Å². The van der Waals surface area contributed by atoms with Crippen LogP contribution in [0.15, 0.2) is 0 Å². The highest BCUT2D eigenvalue weighted by atomic mass is 16.7. The van der Waals surface area contributed by atoms with Gasteiger partial charge in [-0.2, -0.15) is 0 Å². The Bertz CT molecular complexity index is 120. The Labute approximate surface area is 51.4 Å². The zero-order chi connectivity index (χ0) is 7.44. The average molecular weight is 133 g/mol. The fourth-order valence-electron chi connectivity index (χ4n) is 0.352. The van der Waals surface area contributed by atoms with Crippen molar-refractivity contribution in [1.82, 2.24) is 5.01 Å². The number of carbonyl (C=O) groups is 1. The van der Waals surface area contributed by atoms with E-state index < -0.39 is 11.1 Å². The minimum absolute atomic E-state index is 0.0116. The molecule has 52 valence electrons. The molecule has 0 saturated heterocycles. The van der Waals surface area contributed by atoms with Crippen LogP contribution in [-0.2, 0) is 0 Å². The molecular formula is C3H7N3O3. The maximum Gasteiger partial charge on any atom is 0.372 e. The molecule has 0 rings (SSSR count). The summed E-state index contributed by atoms with van der Waals surface area (Å²) in [6.07, 6.45) is 0. The van der Waals surface area contributed by atoms with E-state index in [-0.39, 0.29) is 6.54 Å². The van der Waals surface area contributed by atoms with Crippen LogP contribution >= 0.6 is 0 Å². The van der Waals surface area contributed by atoms with Gasteiger partial charge in [0.05, 0.1) is 6.54 Å². The number of rotatable bonds is 2. The van der Waals surface area contributed by atoms with Crippen LogP contribution in [0.1, 0.15) is 6.92 Å². The highest BCUT2D eigenvalue weighted by molar-refractivity contribution is 5.70. The van der Waals surface area contributed by atoms with Gasteiger partial charge in [-0.25, -0.2) is 14.9 Å². The second kappa shape index (κ2) is 2.85. The Balaban J connectivity index is 3.99. The molecule has 0 aromatic rings. The molecule has 2 N–H and O–H groups in total. The highest BCUT2D eigenvalue weighted by Gasteiger charge is 2.16. The van der Waals surface area contributed by atoms with E-state index in [1.54, 1.807) is 0 Å². The number of hydrogen-bond acceptors (Lipinski definition) is 3. The summed E-state index contributed by atoms with van der Waals surface area (Å²) in [5.74, 6) is 0. The molecule has 0 heterocycles. The Morgan fingerprint density at radius 1 is 1.89 bits per heavy atom. The number of carbonyl (C=O) groups excluding carboxylic acids is 1. The molecule has 6 heteroatoms. The maximum atomic E-state index is 10.1. The van der Waals surface area contributed by atoms with E-state index in [4.69, 9.17) is 0 Å². The normalized spacial score (nSPS) is 8.56. The van der Waals surface area contributed by atoms with Crippen molar-refractivity contribution in [2.75, 3.05) is 6.54 Å². The molecule has 0 fully saturated rings. The van der Waals surface area contributed by atoms with E-state index in [1.165, 1.54) is 6.92 Å². The SMILES string of the molecule is CCN(C(N)=O)[N+](=O)[O-]. The number of nitro groups is 1. The number of amides is 2. The number of hydrogen-bond donors (Lipinski definition) is 1. The fourth-order valence-corrected chi connectivity index (χ4v) is 0.352. The topological polar surface area (TPSA) is 89.5 Å². The Morgan fingerprint density at radius 3 is 2.33 bits per heavy atom. The van der Waals surface area contributed by atoms with Crippen molar-refractivity contribution in [2.45, 2.75) is 6.92 Å². The molecule has 0 aliphatic rings. The molecular weight excluding hydrogens is 126 g/mol. The van der Waals surface area contributed by atoms with E-state index >= 15 is 0 Å². The van der Waals surface area contributed by atoms with Gasteiger partial charge in [0, 0.05) is 0 Å². The minimum Gasteiger partial charge on any atom is -0.347 e. The molecule has 2 amide bonds. The molecule has 9 heavy (non-hydrogen) atoms. The monoisotopic (exact) mass is 133 g/mol. The zero-order valence-electron chi connectivity index (χ0n) is 4.90. The van der Waals surface area contributed by atoms with E-state index in [0.717, 1.165) is 0 Å². The molecule has 0 unspecified atom stereocenters. The van der Waals surface area contributed by atoms with Gasteiger partial charge in [0.2, 0.25) is 0 Å². The summed E-state index contributed by atoms with van der Waals surface area (Å²) in [5, 5.41) is 9.28. The summed E-state index contributed by atoms with van der Waals surface area (Å²) in [7, 11) is 0. The molecule has 0 aromatic heterocycles. The van der Waals surface area contributed by atoms with E-state index in [1.807, 2.05) is 0 Å². The van der Waals surface area contributed by atoms with Gasteiger partial charge >= 0.3 is 6.03 Å². The van der Waals surface area contributed by atoms with Crippen LogP contribution in [0.2, 0.25) is 0 Å². The molecule has 0 spiro atoms. The number of nitrogens with zero attached hydrogens (tertiary/aromatic N) is 2. The first-order chi connectivity index (χ1) is 4.09. The van der Waals surface area contributed by atoms with Gasteiger partial charge in [0.25, 0.3) is 0 Å². The lowest BCUT2D eigenvalue weighted by Gasteiger charge is -2.03. The minimum atomic E-state index is -1.04. The van der Waals surface area contributed by atoms with Crippen LogP contribution in [0.25, 0.3) is 0 Å². The van der Waals surface area contributed by atoms with E-state index in [2.05, 4.69) is 5.73 Å². The van der Waals surface area contributed by atoms with Crippen LogP contribution in [0.3, 0.4) is 0 Å². The van der Waals surface area contributed by atoms with Gasteiger partial charge in [0.15, 0.2) is 5.03 Å². The second-order valence-electron chi connectivity index (χ2n) is 1.29. The summed E-state index contributed by atoms with van der Waals surface area (Å²) in [6.45, 7) is 1.45. The predicted molar refractivity (Wildman–Crippen MR) is 29.0 cm³/mol. The molecule has 0 aromatic carbocycles. The average Bonchev–Trinajstić information content (AvgIpc) is 1.64. The van der Waals surface area contributed by atoms with Gasteiger partial charge in [-0.1, -0.05) is 0 Å². The largest absolute Gasteiger partial charge is 0.372 e.